The quantitative estimate of drug-likeness (QED) is 0.528. The van der Waals surface area contributed by atoms with E-state index in [0.29, 0.717) is 5.95 Å². The summed E-state index contributed by atoms with van der Waals surface area (Å²) in [5.41, 5.74) is 2.98. The Labute approximate surface area is 166 Å². The normalized spacial score (nSPS) is 12.0. The molecule has 1 atom stereocenters. The van der Waals surface area contributed by atoms with E-state index < -0.39 is 0 Å². The smallest absolute Gasteiger partial charge is 0.225 e. The Kier molecular flexibility index (Phi) is 6.92. The molecule has 3 rings (SSSR count). The molecule has 6 heteroatoms. The third-order valence-corrected chi connectivity index (χ3v) is 4.56. The highest BCUT2D eigenvalue weighted by molar-refractivity contribution is 5.63. The number of hydrogen-bond acceptors (Lipinski definition) is 6. The van der Waals surface area contributed by atoms with Gasteiger partial charge in [-0.2, -0.15) is 4.98 Å². The molecule has 0 unspecified atom stereocenters. The monoisotopic (exact) mass is 377 g/mol. The zero-order valence-electron chi connectivity index (χ0n) is 16.3. The molecule has 0 fully saturated rings. The van der Waals surface area contributed by atoms with E-state index in [2.05, 4.69) is 51.6 Å². The molecule has 3 aromatic rings. The van der Waals surface area contributed by atoms with Gasteiger partial charge in [0.2, 0.25) is 5.95 Å². The third-order valence-electron chi connectivity index (χ3n) is 4.56. The summed E-state index contributed by atoms with van der Waals surface area (Å²) in [5, 5.41) is 16.3. The van der Waals surface area contributed by atoms with E-state index in [-0.39, 0.29) is 18.6 Å². The Hall–Kier alpha value is -2.99. The van der Waals surface area contributed by atoms with Gasteiger partial charge in [-0.25, -0.2) is 4.98 Å². The fourth-order valence-corrected chi connectivity index (χ4v) is 2.83. The van der Waals surface area contributed by atoms with Crippen molar-refractivity contribution in [1.29, 1.82) is 0 Å². The van der Waals surface area contributed by atoms with Crippen LogP contribution in [0.25, 0.3) is 11.3 Å². The Morgan fingerprint density at radius 2 is 1.86 bits per heavy atom. The zero-order valence-corrected chi connectivity index (χ0v) is 16.3. The lowest BCUT2D eigenvalue weighted by Crippen LogP contribution is -2.30. The summed E-state index contributed by atoms with van der Waals surface area (Å²) in [7, 11) is 0. The summed E-state index contributed by atoms with van der Waals surface area (Å²) in [6.45, 7) is 4.89. The van der Waals surface area contributed by atoms with Crippen molar-refractivity contribution in [2.75, 3.05) is 23.8 Å². The first-order valence-corrected chi connectivity index (χ1v) is 9.60. The van der Waals surface area contributed by atoms with E-state index in [1.54, 1.807) is 12.4 Å². The second-order valence-corrected chi connectivity index (χ2v) is 7.04. The van der Waals surface area contributed by atoms with Crippen LogP contribution in [-0.4, -0.2) is 39.3 Å². The minimum Gasteiger partial charge on any atom is -0.394 e. The Bertz CT molecular complexity index is 855. The molecule has 0 saturated carbocycles. The number of benzene rings is 1. The maximum atomic E-state index is 9.64. The van der Waals surface area contributed by atoms with Gasteiger partial charge in [-0.15, -0.1) is 0 Å². The molecule has 3 N–H and O–H groups in total. The standard InChI is InChI=1S/C22H27N5O/c1-16(2)20(15-28)26-22-25-19(18-9-6-11-23-14-18)13-21(27-22)24-12-10-17-7-4-3-5-8-17/h3-9,11,13-14,16,20,28H,10,12,15H2,1-2H3,(H2,24,25,26,27)/t20-/m1/s1. The fourth-order valence-electron chi connectivity index (χ4n) is 2.83. The van der Waals surface area contributed by atoms with Crippen molar-refractivity contribution >= 4 is 11.8 Å². The Balaban J connectivity index is 1.80. The minimum atomic E-state index is -0.110. The van der Waals surface area contributed by atoms with E-state index in [9.17, 15) is 5.11 Å². The van der Waals surface area contributed by atoms with E-state index in [4.69, 9.17) is 0 Å². The van der Waals surface area contributed by atoms with E-state index in [1.807, 2.05) is 36.4 Å². The molecule has 0 amide bonds. The average Bonchev–Trinajstić information content (AvgIpc) is 2.73. The summed E-state index contributed by atoms with van der Waals surface area (Å²) < 4.78 is 0. The number of aliphatic hydroxyl groups is 1. The first kappa shape index (κ1) is 19.8. The zero-order chi connectivity index (χ0) is 19.8. The topological polar surface area (TPSA) is 83.0 Å². The largest absolute Gasteiger partial charge is 0.394 e. The van der Waals surface area contributed by atoms with Gasteiger partial charge in [0, 0.05) is 30.6 Å². The highest BCUT2D eigenvalue weighted by Gasteiger charge is 2.15. The van der Waals surface area contributed by atoms with Crippen LogP contribution in [0.2, 0.25) is 0 Å². The van der Waals surface area contributed by atoms with Crippen molar-refractivity contribution in [2.24, 2.45) is 5.92 Å². The average molecular weight is 377 g/mol. The second kappa shape index (κ2) is 9.80. The van der Waals surface area contributed by atoms with Gasteiger partial charge < -0.3 is 15.7 Å². The molecule has 6 nitrogen and oxygen atoms in total. The van der Waals surface area contributed by atoms with Crippen molar-refractivity contribution in [2.45, 2.75) is 26.3 Å². The summed E-state index contributed by atoms with van der Waals surface area (Å²) in [6, 6.07) is 16.0. The van der Waals surface area contributed by atoms with Crippen LogP contribution in [0.4, 0.5) is 11.8 Å². The van der Waals surface area contributed by atoms with Crippen molar-refractivity contribution in [3.05, 3.63) is 66.5 Å². The van der Waals surface area contributed by atoms with E-state index >= 15 is 0 Å². The third kappa shape index (κ3) is 5.50. The van der Waals surface area contributed by atoms with Gasteiger partial charge in [0.05, 0.1) is 18.3 Å². The predicted molar refractivity (Wildman–Crippen MR) is 113 cm³/mol. The SMILES string of the molecule is CC(C)[C@@H](CO)Nc1nc(NCCc2ccccc2)cc(-c2cccnc2)n1. The number of hydrogen-bond donors (Lipinski definition) is 3. The van der Waals surface area contributed by atoms with Gasteiger partial charge in [-0.05, 0) is 30.0 Å². The van der Waals surface area contributed by atoms with Crippen LogP contribution in [0.3, 0.4) is 0 Å². The first-order valence-electron chi connectivity index (χ1n) is 9.60. The first-order chi connectivity index (χ1) is 13.7. The fraction of sp³-hybridized carbons (Fsp3) is 0.318. The molecule has 0 bridgehead atoms. The highest BCUT2D eigenvalue weighted by Crippen LogP contribution is 2.21. The van der Waals surface area contributed by atoms with E-state index in [0.717, 1.165) is 30.0 Å². The molecule has 2 aromatic heterocycles. The Morgan fingerprint density at radius 3 is 2.54 bits per heavy atom. The van der Waals surface area contributed by atoms with Gasteiger partial charge in [0.1, 0.15) is 5.82 Å². The van der Waals surface area contributed by atoms with Crippen LogP contribution in [0, 0.1) is 5.92 Å². The molecular weight excluding hydrogens is 350 g/mol. The molecule has 0 spiro atoms. The Morgan fingerprint density at radius 1 is 1.04 bits per heavy atom. The number of nitrogens with zero attached hydrogens (tertiary/aromatic N) is 3. The molecule has 146 valence electrons. The van der Waals surface area contributed by atoms with Crippen LogP contribution >= 0.6 is 0 Å². The second-order valence-electron chi connectivity index (χ2n) is 7.04. The van der Waals surface area contributed by atoms with Crippen molar-refractivity contribution in [1.82, 2.24) is 15.0 Å². The maximum absolute atomic E-state index is 9.64. The van der Waals surface area contributed by atoms with Crippen LogP contribution in [0.1, 0.15) is 19.4 Å². The highest BCUT2D eigenvalue weighted by atomic mass is 16.3. The molecule has 0 aliphatic carbocycles. The van der Waals surface area contributed by atoms with Gasteiger partial charge in [-0.1, -0.05) is 44.2 Å². The van der Waals surface area contributed by atoms with Gasteiger partial charge >= 0.3 is 0 Å². The van der Waals surface area contributed by atoms with Crippen molar-refractivity contribution in [3.8, 4) is 11.3 Å². The van der Waals surface area contributed by atoms with E-state index in [1.165, 1.54) is 5.56 Å². The maximum Gasteiger partial charge on any atom is 0.225 e. The van der Waals surface area contributed by atoms with Crippen LogP contribution in [0.15, 0.2) is 60.9 Å². The summed E-state index contributed by atoms with van der Waals surface area (Å²) in [4.78, 5) is 13.4. The minimum absolute atomic E-state index is 0.0227. The summed E-state index contributed by atoms with van der Waals surface area (Å²) >= 11 is 0. The van der Waals surface area contributed by atoms with Crippen molar-refractivity contribution in [3.63, 3.8) is 0 Å². The molecule has 0 aliphatic rings. The summed E-state index contributed by atoms with van der Waals surface area (Å²) in [5.74, 6) is 1.49. The number of aromatic nitrogens is 3. The van der Waals surface area contributed by atoms with Gasteiger partial charge in [0.15, 0.2) is 0 Å². The molecule has 1 aromatic carbocycles. The molecular formula is C22H27N5O. The molecule has 0 aliphatic heterocycles. The number of rotatable bonds is 9. The molecule has 28 heavy (non-hydrogen) atoms. The van der Waals surface area contributed by atoms with Gasteiger partial charge in [-0.3, -0.25) is 4.98 Å². The molecule has 0 saturated heterocycles. The van der Waals surface area contributed by atoms with Crippen LogP contribution < -0.4 is 10.6 Å². The lowest BCUT2D eigenvalue weighted by molar-refractivity contribution is 0.248. The number of aliphatic hydroxyl groups excluding tert-OH is 1. The predicted octanol–water partition coefficient (Wildman–Crippen LogP) is 3.62. The summed E-state index contributed by atoms with van der Waals surface area (Å²) in [6.07, 6.45) is 4.43. The van der Waals surface area contributed by atoms with Crippen LogP contribution in [0.5, 0.6) is 0 Å². The van der Waals surface area contributed by atoms with Crippen LogP contribution in [-0.2, 0) is 6.42 Å². The molecule has 0 radical (unpaired) electrons. The number of nitrogens with one attached hydrogen (secondary N) is 2. The lowest BCUT2D eigenvalue weighted by atomic mass is 10.1. The number of anilines is 2. The van der Waals surface area contributed by atoms with Crippen molar-refractivity contribution < 1.29 is 5.11 Å². The van der Waals surface area contributed by atoms with Gasteiger partial charge in [0.25, 0.3) is 0 Å². The lowest BCUT2D eigenvalue weighted by Gasteiger charge is -2.20. The number of pyridine rings is 1. The molecule has 2 heterocycles.